The maximum absolute atomic E-state index is 13.3. The van der Waals surface area contributed by atoms with E-state index in [4.69, 9.17) is 4.74 Å². The molecule has 0 amide bonds. The number of hydrogen-bond acceptors (Lipinski definition) is 4. The molecule has 1 heterocycles. The standard InChI is InChI=1S/C20H26F3N3O/c1-5-8-15-9-11-16(12-10-15)26(7-3)19-24-13-17(20(21,22)23)18(25-19)27-14(4)6-2/h9-14H,5-8H2,1-4H3. The first kappa shape index (κ1) is 21.0. The van der Waals surface area contributed by atoms with Gasteiger partial charge in [-0.1, -0.05) is 32.4 Å². The molecule has 4 nitrogen and oxygen atoms in total. The third kappa shape index (κ3) is 5.34. The van der Waals surface area contributed by atoms with Gasteiger partial charge in [0.05, 0.1) is 6.10 Å². The third-order valence-electron chi connectivity index (χ3n) is 4.28. The summed E-state index contributed by atoms with van der Waals surface area (Å²) in [5, 5.41) is 0. The summed E-state index contributed by atoms with van der Waals surface area (Å²) in [4.78, 5) is 9.83. The molecule has 0 aliphatic carbocycles. The summed E-state index contributed by atoms with van der Waals surface area (Å²) in [6.07, 6.45) is -1.54. The van der Waals surface area contributed by atoms with Crippen molar-refractivity contribution in [2.45, 2.75) is 59.2 Å². The number of aromatic nitrogens is 2. The monoisotopic (exact) mass is 381 g/mol. The van der Waals surface area contributed by atoms with E-state index in [1.807, 2.05) is 38.1 Å². The molecule has 2 rings (SSSR count). The van der Waals surface area contributed by atoms with Crippen LogP contribution in [0.1, 0.15) is 51.7 Å². The highest BCUT2D eigenvalue weighted by molar-refractivity contribution is 5.58. The summed E-state index contributed by atoms with van der Waals surface area (Å²) in [6.45, 7) is 8.08. The molecule has 0 aliphatic rings. The summed E-state index contributed by atoms with van der Waals surface area (Å²) >= 11 is 0. The molecule has 0 saturated carbocycles. The molecule has 0 saturated heterocycles. The Hall–Kier alpha value is -2.31. The molecule has 7 heteroatoms. The molecule has 0 fully saturated rings. The average Bonchev–Trinajstić information content (AvgIpc) is 2.63. The van der Waals surface area contributed by atoms with Gasteiger partial charge in [-0.05, 0) is 44.4 Å². The fourth-order valence-electron chi connectivity index (χ4n) is 2.62. The molecule has 1 unspecified atom stereocenters. The van der Waals surface area contributed by atoms with E-state index in [0.29, 0.717) is 13.0 Å². The van der Waals surface area contributed by atoms with Gasteiger partial charge in [0.1, 0.15) is 5.56 Å². The number of hydrogen-bond donors (Lipinski definition) is 0. The zero-order valence-electron chi connectivity index (χ0n) is 16.2. The van der Waals surface area contributed by atoms with E-state index in [-0.39, 0.29) is 12.1 Å². The number of benzene rings is 1. The van der Waals surface area contributed by atoms with Crippen LogP contribution in [0.4, 0.5) is 24.8 Å². The first-order chi connectivity index (χ1) is 12.8. The fraction of sp³-hybridized carbons (Fsp3) is 0.500. The fourth-order valence-corrected chi connectivity index (χ4v) is 2.62. The number of rotatable bonds is 8. The average molecular weight is 381 g/mol. The van der Waals surface area contributed by atoms with Crippen LogP contribution in [0.5, 0.6) is 5.88 Å². The van der Waals surface area contributed by atoms with Crippen molar-refractivity contribution >= 4 is 11.6 Å². The minimum Gasteiger partial charge on any atom is -0.474 e. The first-order valence-electron chi connectivity index (χ1n) is 9.27. The molecule has 0 N–H and O–H groups in total. The van der Waals surface area contributed by atoms with Crippen molar-refractivity contribution in [1.29, 1.82) is 0 Å². The Balaban J connectivity index is 2.40. The van der Waals surface area contributed by atoms with Gasteiger partial charge in [0.15, 0.2) is 0 Å². The minimum atomic E-state index is -4.57. The lowest BCUT2D eigenvalue weighted by atomic mass is 10.1. The molecule has 0 aliphatic heterocycles. The summed E-state index contributed by atoms with van der Waals surface area (Å²) in [5.74, 6) is -0.241. The van der Waals surface area contributed by atoms with E-state index in [9.17, 15) is 13.2 Å². The van der Waals surface area contributed by atoms with Crippen LogP contribution in [0.15, 0.2) is 30.5 Å². The second-order valence-electron chi connectivity index (χ2n) is 6.38. The lowest BCUT2D eigenvalue weighted by molar-refractivity contribution is -0.139. The molecule has 1 aromatic heterocycles. The Morgan fingerprint density at radius 1 is 1.11 bits per heavy atom. The van der Waals surface area contributed by atoms with E-state index >= 15 is 0 Å². The molecule has 1 atom stereocenters. The highest BCUT2D eigenvalue weighted by Gasteiger charge is 2.37. The van der Waals surface area contributed by atoms with Gasteiger partial charge in [-0.15, -0.1) is 0 Å². The smallest absolute Gasteiger partial charge is 0.423 e. The first-order valence-corrected chi connectivity index (χ1v) is 9.27. The molecular formula is C20H26F3N3O. The van der Waals surface area contributed by atoms with Crippen LogP contribution in [0.25, 0.3) is 0 Å². The number of anilines is 2. The van der Waals surface area contributed by atoms with Gasteiger partial charge >= 0.3 is 6.18 Å². The highest BCUT2D eigenvalue weighted by atomic mass is 19.4. The van der Waals surface area contributed by atoms with Gasteiger partial charge in [0.25, 0.3) is 0 Å². The number of alkyl halides is 3. The van der Waals surface area contributed by atoms with E-state index in [1.165, 1.54) is 5.56 Å². The molecular weight excluding hydrogens is 355 g/mol. The zero-order valence-corrected chi connectivity index (χ0v) is 16.2. The van der Waals surface area contributed by atoms with Gasteiger partial charge < -0.3 is 9.64 Å². The number of halogens is 3. The lowest BCUT2D eigenvalue weighted by Crippen LogP contribution is -2.22. The van der Waals surface area contributed by atoms with Crippen molar-refractivity contribution in [3.05, 3.63) is 41.6 Å². The number of ether oxygens (including phenoxy) is 1. The normalized spacial score (nSPS) is 12.7. The Kier molecular flexibility index (Phi) is 7.05. The predicted molar refractivity (Wildman–Crippen MR) is 101 cm³/mol. The van der Waals surface area contributed by atoms with E-state index in [0.717, 1.165) is 24.7 Å². The predicted octanol–water partition coefficient (Wildman–Crippen LogP) is 5.78. The summed E-state index contributed by atoms with van der Waals surface area (Å²) in [6, 6.07) is 7.90. The van der Waals surface area contributed by atoms with Crippen LogP contribution < -0.4 is 9.64 Å². The molecule has 0 radical (unpaired) electrons. The Labute approximate surface area is 158 Å². The third-order valence-corrected chi connectivity index (χ3v) is 4.28. The highest BCUT2D eigenvalue weighted by Crippen LogP contribution is 2.36. The number of aryl methyl sites for hydroxylation is 1. The molecule has 0 bridgehead atoms. The Bertz CT molecular complexity index is 732. The minimum absolute atomic E-state index is 0.187. The Morgan fingerprint density at radius 3 is 2.30 bits per heavy atom. The van der Waals surface area contributed by atoms with Crippen LogP contribution in [0.2, 0.25) is 0 Å². The lowest BCUT2D eigenvalue weighted by Gasteiger charge is -2.23. The van der Waals surface area contributed by atoms with Crippen LogP contribution >= 0.6 is 0 Å². The van der Waals surface area contributed by atoms with Gasteiger partial charge in [-0.25, -0.2) is 4.98 Å². The summed E-state index contributed by atoms with van der Waals surface area (Å²) in [5.41, 5.74) is 1.08. The molecule has 1 aromatic carbocycles. The van der Waals surface area contributed by atoms with Crippen molar-refractivity contribution in [2.75, 3.05) is 11.4 Å². The molecule has 2 aromatic rings. The summed E-state index contributed by atoms with van der Waals surface area (Å²) in [7, 11) is 0. The van der Waals surface area contributed by atoms with Gasteiger partial charge in [-0.3, -0.25) is 0 Å². The van der Waals surface area contributed by atoms with Crippen molar-refractivity contribution < 1.29 is 17.9 Å². The molecule has 148 valence electrons. The van der Waals surface area contributed by atoms with Crippen molar-refractivity contribution in [3.63, 3.8) is 0 Å². The van der Waals surface area contributed by atoms with E-state index < -0.39 is 17.6 Å². The van der Waals surface area contributed by atoms with Crippen molar-refractivity contribution in [1.82, 2.24) is 9.97 Å². The largest absolute Gasteiger partial charge is 0.474 e. The summed E-state index contributed by atoms with van der Waals surface area (Å²) < 4.78 is 45.3. The van der Waals surface area contributed by atoms with E-state index in [2.05, 4.69) is 16.9 Å². The van der Waals surface area contributed by atoms with Gasteiger partial charge in [0, 0.05) is 18.4 Å². The topological polar surface area (TPSA) is 38.2 Å². The van der Waals surface area contributed by atoms with Gasteiger partial charge in [-0.2, -0.15) is 18.2 Å². The second kappa shape index (κ2) is 9.06. The van der Waals surface area contributed by atoms with Crippen LogP contribution in [0.3, 0.4) is 0 Å². The molecule has 0 spiro atoms. The van der Waals surface area contributed by atoms with Crippen molar-refractivity contribution in [3.8, 4) is 5.88 Å². The van der Waals surface area contributed by atoms with E-state index in [1.54, 1.807) is 11.8 Å². The van der Waals surface area contributed by atoms with Crippen LogP contribution in [-0.2, 0) is 12.6 Å². The SMILES string of the molecule is CCCc1ccc(N(CC)c2ncc(C(F)(F)F)c(OC(C)CC)n2)cc1. The zero-order chi connectivity index (χ0) is 20.0. The van der Waals surface area contributed by atoms with Crippen molar-refractivity contribution in [2.24, 2.45) is 0 Å². The maximum Gasteiger partial charge on any atom is 0.423 e. The van der Waals surface area contributed by atoms with Gasteiger partial charge in [0.2, 0.25) is 11.8 Å². The maximum atomic E-state index is 13.3. The Morgan fingerprint density at radius 2 is 1.78 bits per heavy atom. The van der Waals surface area contributed by atoms with Crippen LogP contribution in [-0.4, -0.2) is 22.6 Å². The van der Waals surface area contributed by atoms with Crippen LogP contribution in [0, 0.1) is 0 Å². The quantitative estimate of drug-likeness (QED) is 0.581. The molecule has 27 heavy (non-hydrogen) atoms. The number of nitrogens with zero attached hydrogens (tertiary/aromatic N) is 3. The second-order valence-corrected chi connectivity index (χ2v) is 6.38.